The molecule has 0 radical (unpaired) electrons. The zero-order chi connectivity index (χ0) is 39.1. The second-order valence-electron chi connectivity index (χ2n) is 17.5. The van der Waals surface area contributed by atoms with Crippen molar-refractivity contribution in [2.24, 2.45) is 11.1 Å². The minimum absolute atomic E-state index is 0.186. The molecule has 2 aromatic heterocycles. The van der Waals surface area contributed by atoms with Crippen LogP contribution in [-0.4, -0.2) is 115 Å². The number of aryl methyl sites for hydroxylation is 1. The lowest BCUT2D eigenvalue weighted by Crippen LogP contribution is -2.60. The van der Waals surface area contributed by atoms with Crippen LogP contribution in [0.2, 0.25) is 0 Å². The van der Waals surface area contributed by atoms with Crippen molar-refractivity contribution in [2.45, 2.75) is 103 Å². The predicted molar refractivity (Wildman–Crippen MR) is 218 cm³/mol. The average Bonchev–Trinajstić information content (AvgIpc) is 3.52. The highest BCUT2D eigenvalue weighted by atomic mass is 16.5. The van der Waals surface area contributed by atoms with E-state index in [4.69, 9.17) is 20.2 Å². The molecule has 1 amide bonds. The number of carbonyl (C=O) groups is 2. The quantitative estimate of drug-likeness (QED) is 0.367. The summed E-state index contributed by atoms with van der Waals surface area (Å²) in [6.07, 6.45) is 12.2. The second kappa shape index (κ2) is 16.1. The summed E-state index contributed by atoms with van der Waals surface area (Å²) in [6, 6.07) is 8.45. The van der Waals surface area contributed by atoms with Crippen LogP contribution in [-0.2, 0) is 32.0 Å². The first-order valence-electron chi connectivity index (χ1n) is 21.0. The molecule has 5 aliphatic rings. The number of esters is 1. The monoisotopic (exact) mass is 765 g/mol. The number of fused-ring (bicyclic) bond motifs is 7. The van der Waals surface area contributed by atoms with Crippen LogP contribution in [0.15, 0.2) is 30.3 Å². The van der Waals surface area contributed by atoms with Gasteiger partial charge in [-0.2, -0.15) is 0 Å². The Balaban J connectivity index is 1.26. The van der Waals surface area contributed by atoms with Crippen LogP contribution in [0.1, 0.15) is 89.1 Å². The summed E-state index contributed by atoms with van der Waals surface area (Å²) in [4.78, 5) is 39.7. The van der Waals surface area contributed by atoms with Gasteiger partial charge in [0.05, 0.1) is 23.9 Å². The van der Waals surface area contributed by atoms with Gasteiger partial charge >= 0.3 is 17.9 Å². The highest BCUT2D eigenvalue weighted by Gasteiger charge is 2.37. The third-order valence-corrected chi connectivity index (χ3v) is 12.9. The molecule has 8 rings (SSSR count). The molecule has 3 fully saturated rings. The molecule has 3 aromatic rings. The number of rotatable bonds is 5. The molecule has 0 saturated carbocycles. The number of hydrazine groups is 1. The Morgan fingerprint density at radius 2 is 1.93 bits per heavy atom. The number of hydrogen-bond donors (Lipinski definition) is 2. The van der Waals surface area contributed by atoms with Crippen molar-refractivity contribution >= 4 is 34.0 Å². The van der Waals surface area contributed by atoms with Crippen molar-refractivity contribution in [3.63, 3.8) is 0 Å². The molecule has 5 aliphatic heterocycles. The minimum atomic E-state index is -0.707. The molecule has 5 atom stereocenters. The van der Waals surface area contributed by atoms with Crippen LogP contribution in [0.25, 0.3) is 27.7 Å². The number of cyclic esters (lactones) is 1. The lowest BCUT2D eigenvalue weighted by Gasteiger charge is -2.44. The van der Waals surface area contributed by atoms with Crippen molar-refractivity contribution in [1.82, 2.24) is 24.8 Å². The average molecular weight is 766 g/mol. The van der Waals surface area contributed by atoms with Crippen LogP contribution in [0.4, 0.5) is 5.69 Å². The van der Waals surface area contributed by atoms with Crippen molar-refractivity contribution in [2.75, 3.05) is 71.0 Å². The first kappa shape index (κ1) is 38.9. The number of piperazine rings is 1. The number of nitrogens with two attached hydrogens (primary N) is 1. The number of nitrogens with zero attached hydrogens (tertiary/aromatic N) is 6. The molecular weight excluding hydrogens is 705 g/mol. The molecule has 7 heterocycles. The molecule has 6 bridgehead atoms. The minimum Gasteiger partial charge on any atom is -0.464 e. The number of carbonyl (C=O) groups excluding carboxylic acids is 2. The summed E-state index contributed by atoms with van der Waals surface area (Å²) in [6.45, 7) is 16.3. The van der Waals surface area contributed by atoms with Gasteiger partial charge in [-0.15, -0.1) is 0 Å². The molecule has 3 saturated heterocycles. The fourth-order valence-electron chi connectivity index (χ4n) is 9.75. The molecule has 56 heavy (non-hydrogen) atoms. The number of piperidine rings is 1. The van der Waals surface area contributed by atoms with Crippen molar-refractivity contribution in [1.29, 1.82) is 0 Å². The van der Waals surface area contributed by atoms with E-state index >= 15 is 0 Å². The van der Waals surface area contributed by atoms with Crippen LogP contribution >= 0.6 is 0 Å². The number of methoxy groups -OCH3 is 1. The fraction of sp³-hybridized carbons (Fsp3) is 0.614. The topological polar surface area (TPSA) is 123 Å². The van der Waals surface area contributed by atoms with E-state index in [1.807, 2.05) is 0 Å². The van der Waals surface area contributed by atoms with Gasteiger partial charge in [-0.05, 0) is 98.8 Å². The summed E-state index contributed by atoms with van der Waals surface area (Å²) < 4.78 is 14.6. The molecule has 0 spiro atoms. The SMILES string of the molecule is CCn1c(-c2cc(N3CCN4CCCC[C@@H]4C3)c#[n+]c2[C@H](C)OC)c2c3cc(ccc31)C1=CCCN(C1)C[C@H](N)C(=O)N1CCC[C@H](N1)C(=O)OCC(C)(C)C2. The third kappa shape index (κ3) is 7.69. The summed E-state index contributed by atoms with van der Waals surface area (Å²) in [5.74, 6) is -0.523. The summed E-state index contributed by atoms with van der Waals surface area (Å²) in [5.41, 5.74) is 18.2. The molecule has 1 aromatic carbocycles. The first-order chi connectivity index (χ1) is 27.0. The highest BCUT2D eigenvalue weighted by molar-refractivity contribution is 5.95. The van der Waals surface area contributed by atoms with Gasteiger partial charge in [0, 0.05) is 81.8 Å². The highest BCUT2D eigenvalue weighted by Crippen LogP contribution is 2.42. The number of amides is 1. The van der Waals surface area contributed by atoms with E-state index in [0.717, 1.165) is 67.3 Å². The Morgan fingerprint density at radius 1 is 1.07 bits per heavy atom. The fourth-order valence-corrected chi connectivity index (χ4v) is 9.75. The van der Waals surface area contributed by atoms with E-state index in [0.29, 0.717) is 44.9 Å². The number of benzene rings is 1. The maximum atomic E-state index is 13.6. The molecule has 3 N–H and O–H groups in total. The van der Waals surface area contributed by atoms with Crippen molar-refractivity contribution < 1.29 is 24.0 Å². The van der Waals surface area contributed by atoms with Gasteiger partial charge in [-0.25, -0.2) is 5.43 Å². The summed E-state index contributed by atoms with van der Waals surface area (Å²) in [7, 11) is 1.75. The van der Waals surface area contributed by atoms with Gasteiger partial charge in [0.2, 0.25) is 0 Å². The Bertz CT molecular complexity index is 1970. The van der Waals surface area contributed by atoms with Crippen molar-refractivity contribution in [3.8, 4) is 11.3 Å². The van der Waals surface area contributed by atoms with E-state index < -0.39 is 17.5 Å². The van der Waals surface area contributed by atoms with Crippen LogP contribution in [0.5, 0.6) is 0 Å². The number of aromatic nitrogens is 2. The zero-order valence-electron chi connectivity index (χ0n) is 34.1. The Hall–Kier alpha value is -3.99. The summed E-state index contributed by atoms with van der Waals surface area (Å²) >= 11 is 0. The number of ether oxygens (including phenoxy) is 2. The predicted octanol–water partition coefficient (Wildman–Crippen LogP) is 4.15. The van der Waals surface area contributed by atoms with Crippen LogP contribution in [0.3, 0.4) is 0 Å². The lowest BCUT2D eigenvalue weighted by molar-refractivity contribution is -0.319. The van der Waals surface area contributed by atoms with Gasteiger partial charge in [0.1, 0.15) is 6.04 Å². The Labute approximate surface area is 332 Å². The molecule has 12 nitrogen and oxygen atoms in total. The zero-order valence-corrected chi connectivity index (χ0v) is 34.1. The third-order valence-electron chi connectivity index (χ3n) is 12.9. The maximum absolute atomic E-state index is 13.6. The number of anilines is 1. The second-order valence-corrected chi connectivity index (χ2v) is 17.5. The maximum Gasteiger partial charge on any atom is 0.354 e. The molecule has 0 aliphatic carbocycles. The number of nitrogens with one attached hydrogen (secondary N) is 1. The number of hydrogen-bond acceptors (Lipinski definition) is 9. The smallest absolute Gasteiger partial charge is 0.354 e. The summed E-state index contributed by atoms with van der Waals surface area (Å²) in [5, 5.41) is 2.73. The van der Waals surface area contributed by atoms with E-state index in [-0.39, 0.29) is 24.6 Å². The van der Waals surface area contributed by atoms with Crippen LogP contribution < -0.4 is 21.0 Å². The van der Waals surface area contributed by atoms with E-state index in [9.17, 15) is 9.59 Å². The molecule has 1 unspecified atom stereocenters. The molecule has 300 valence electrons. The molecular formula is C44H61N8O4+. The normalized spacial score (nSPS) is 26.9. The van der Waals surface area contributed by atoms with E-state index in [1.165, 1.54) is 47.9 Å². The van der Waals surface area contributed by atoms with E-state index in [1.54, 1.807) is 12.1 Å². The van der Waals surface area contributed by atoms with Gasteiger partial charge in [-0.1, -0.05) is 32.4 Å². The Morgan fingerprint density at radius 3 is 2.75 bits per heavy atom. The van der Waals surface area contributed by atoms with Gasteiger partial charge in [-0.3, -0.25) is 24.4 Å². The van der Waals surface area contributed by atoms with Crippen LogP contribution in [0, 0.1) is 11.6 Å². The van der Waals surface area contributed by atoms with Crippen molar-refractivity contribution in [3.05, 3.63) is 53.4 Å². The van der Waals surface area contributed by atoms with Gasteiger partial charge in [0.25, 0.3) is 5.91 Å². The van der Waals surface area contributed by atoms with E-state index in [2.05, 4.69) is 88.9 Å². The standard InChI is InChI=1S/C44H61N8O4/c1-6-51-39-15-14-30-21-34(39)36(41(51)35-22-33(24-46-40(35)29(2)55-5)50-20-19-49-17-8-7-12-32(49)26-50)23-44(3,4)28-56-43(54)38-13-10-18-52(47-38)42(53)37(45)27-48-16-9-11-31(30)25-48/h11,14-15,21-22,29,32,37-38,47H,6-10,12-13,16-20,23,25-28,45H2,1-5H3/q+1/t29-,32+,37-,38-/m0/s1. The largest absolute Gasteiger partial charge is 0.464 e. The van der Waals surface area contributed by atoms with Gasteiger partial charge in [0.15, 0.2) is 11.8 Å². The lowest BCUT2D eigenvalue weighted by atomic mass is 9.84. The molecule has 12 heteroatoms. The van der Waals surface area contributed by atoms with Gasteiger partial charge < -0.3 is 24.7 Å². The first-order valence-corrected chi connectivity index (χ1v) is 21.0. The Kier molecular flexibility index (Phi) is 11.2.